The lowest BCUT2D eigenvalue weighted by atomic mass is 9.78. The molecule has 18 heavy (non-hydrogen) atoms. The molecule has 1 N–H and O–H groups in total. The van der Waals surface area contributed by atoms with Gasteiger partial charge in [0.15, 0.2) is 0 Å². The first-order valence-electron chi connectivity index (χ1n) is 6.61. The molecule has 2 nitrogen and oxygen atoms in total. The molecule has 0 aromatic heterocycles. The van der Waals surface area contributed by atoms with Crippen LogP contribution in [0.15, 0.2) is 23.8 Å². The Morgan fingerprint density at radius 2 is 2.00 bits per heavy atom. The van der Waals surface area contributed by atoms with Crippen LogP contribution in [0.5, 0.6) is 0 Å². The molecule has 0 spiro atoms. The van der Waals surface area contributed by atoms with Gasteiger partial charge in [0.1, 0.15) is 0 Å². The minimum absolute atomic E-state index is 0.134. The van der Waals surface area contributed by atoms with Crippen LogP contribution in [0, 0.1) is 6.92 Å². The quantitative estimate of drug-likeness (QED) is 0.743. The van der Waals surface area contributed by atoms with Crippen LogP contribution in [0.25, 0.3) is 5.57 Å². The Morgan fingerprint density at radius 3 is 2.78 bits per heavy atom. The molecule has 2 heteroatoms. The Kier molecular flexibility index (Phi) is 2.37. The molecule has 0 saturated carbocycles. The third kappa shape index (κ3) is 1.59. The van der Waals surface area contributed by atoms with Crippen molar-refractivity contribution >= 4 is 11.5 Å². The second-order valence-corrected chi connectivity index (χ2v) is 6.07. The number of amides is 1. The summed E-state index contributed by atoms with van der Waals surface area (Å²) in [6.45, 7) is 7.39. The van der Waals surface area contributed by atoms with Gasteiger partial charge < -0.3 is 5.32 Å². The summed E-state index contributed by atoms with van der Waals surface area (Å²) >= 11 is 0. The lowest BCUT2D eigenvalue weighted by molar-refractivity contribution is -0.116. The van der Waals surface area contributed by atoms with Crippen LogP contribution in [-0.4, -0.2) is 12.5 Å². The highest BCUT2D eigenvalue weighted by Gasteiger charge is 2.34. The van der Waals surface area contributed by atoms with Crippen molar-refractivity contribution in [2.75, 3.05) is 6.54 Å². The maximum Gasteiger partial charge on any atom is 0.247 e. The minimum atomic E-state index is 0.134. The SMILES string of the molecule is Cc1ccc2c(c1)C(C)(C)CCC1=C2CNC1=O. The molecule has 0 fully saturated rings. The first-order chi connectivity index (χ1) is 8.49. The summed E-state index contributed by atoms with van der Waals surface area (Å²) in [6, 6.07) is 6.62. The smallest absolute Gasteiger partial charge is 0.247 e. The summed E-state index contributed by atoms with van der Waals surface area (Å²) in [7, 11) is 0. The predicted octanol–water partition coefficient (Wildman–Crippen LogP) is 2.95. The molecular formula is C16H19NO. The average Bonchev–Trinajstić information content (AvgIpc) is 2.63. The van der Waals surface area contributed by atoms with Gasteiger partial charge in [-0.2, -0.15) is 0 Å². The average molecular weight is 241 g/mol. The van der Waals surface area contributed by atoms with Gasteiger partial charge in [-0.3, -0.25) is 4.79 Å². The maximum absolute atomic E-state index is 11.9. The van der Waals surface area contributed by atoms with Crippen molar-refractivity contribution < 1.29 is 4.79 Å². The van der Waals surface area contributed by atoms with E-state index in [0.29, 0.717) is 6.54 Å². The van der Waals surface area contributed by atoms with Crippen LogP contribution in [0.1, 0.15) is 43.4 Å². The number of nitrogens with one attached hydrogen (secondary N) is 1. The van der Waals surface area contributed by atoms with E-state index >= 15 is 0 Å². The minimum Gasteiger partial charge on any atom is -0.348 e. The topological polar surface area (TPSA) is 29.1 Å². The zero-order valence-corrected chi connectivity index (χ0v) is 11.3. The van der Waals surface area contributed by atoms with E-state index in [0.717, 1.165) is 18.4 Å². The van der Waals surface area contributed by atoms with Gasteiger partial charge in [0.2, 0.25) is 5.91 Å². The van der Waals surface area contributed by atoms with Crippen molar-refractivity contribution in [3.63, 3.8) is 0 Å². The van der Waals surface area contributed by atoms with Gasteiger partial charge in [-0.15, -0.1) is 0 Å². The normalized spacial score (nSPS) is 21.2. The van der Waals surface area contributed by atoms with Gasteiger partial charge in [-0.25, -0.2) is 0 Å². The van der Waals surface area contributed by atoms with Gasteiger partial charge in [-0.05, 0) is 41.9 Å². The van der Waals surface area contributed by atoms with Crippen molar-refractivity contribution in [2.24, 2.45) is 0 Å². The first-order valence-corrected chi connectivity index (χ1v) is 6.61. The Labute approximate surface area is 108 Å². The Morgan fingerprint density at radius 1 is 1.22 bits per heavy atom. The lowest BCUT2D eigenvalue weighted by Crippen LogP contribution is -2.22. The van der Waals surface area contributed by atoms with Crippen molar-refractivity contribution in [2.45, 2.75) is 39.0 Å². The molecular weight excluding hydrogens is 222 g/mol. The van der Waals surface area contributed by atoms with Crippen LogP contribution in [0.2, 0.25) is 0 Å². The predicted molar refractivity (Wildman–Crippen MR) is 73.4 cm³/mol. The van der Waals surface area contributed by atoms with Gasteiger partial charge in [0.25, 0.3) is 0 Å². The standard InChI is InChI=1S/C16H19NO/c1-10-4-5-11-13-9-17-15(18)12(13)6-7-16(2,3)14(11)8-10/h4-5,8H,6-7,9H2,1-3H3,(H,17,18). The van der Waals surface area contributed by atoms with Gasteiger partial charge in [0.05, 0.1) is 0 Å². The van der Waals surface area contributed by atoms with Gasteiger partial charge >= 0.3 is 0 Å². The zero-order chi connectivity index (χ0) is 12.9. The van der Waals surface area contributed by atoms with E-state index in [2.05, 4.69) is 44.3 Å². The highest BCUT2D eigenvalue weighted by atomic mass is 16.1. The molecule has 0 atom stereocenters. The number of rotatable bonds is 0. The number of aryl methyl sites for hydroxylation is 1. The fourth-order valence-corrected chi connectivity index (χ4v) is 3.09. The molecule has 2 aliphatic rings. The number of fused-ring (bicyclic) bond motifs is 2. The number of benzene rings is 1. The maximum atomic E-state index is 11.9. The van der Waals surface area contributed by atoms with E-state index < -0.39 is 0 Å². The molecule has 0 bridgehead atoms. The molecule has 0 unspecified atom stereocenters. The fraction of sp³-hybridized carbons (Fsp3) is 0.438. The molecule has 1 aliphatic carbocycles. The molecule has 1 aromatic carbocycles. The van der Waals surface area contributed by atoms with E-state index in [1.165, 1.54) is 22.3 Å². The summed E-state index contributed by atoms with van der Waals surface area (Å²) < 4.78 is 0. The second kappa shape index (κ2) is 3.71. The van der Waals surface area contributed by atoms with E-state index in [-0.39, 0.29) is 11.3 Å². The first kappa shape index (κ1) is 11.5. The summed E-state index contributed by atoms with van der Waals surface area (Å²) in [4.78, 5) is 11.9. The Bertz CT molecular complexity index is 566. The third-order valence-electron chi connectivity index (χ3n) is 4.29. The summed E-state index contributed by atoms with van der Waals surface area (Å²) in [5, 5.41) is 2.96. The molecule has 1 aliphatic heterocycles. The molecule has 0 radical (unpaired) electrons. The lowest BCUT2D eigenvalue weighted by Gasteiger charge is -2.26. The summed E-state index contributed by atoms with van der Waals surface area (Å²) in [5.41, 5.74) is 6.33. The molecule has 1 aromatic rings. The molecule has 94 valence electrons. The molecule has 0 saturated heterocycles. The van der Waals surface area contributed by atoms with Crippen molar-refractivity contribution in [3.05, 3.63) is 40.5 Å². The summed E-state index contributed by atoms with van der Waals surface area (Å²) in [5.74, 6) is 0.134. The number of carbonyl (C=O) groups is 1. The molecule has 1 amide bonds. The van der Waals surface area contributed by atoms with Crippen molar-refractivity contribution in [3.8, 4) is 0 Å². The van der Waals surface area contributed by atoms with E-state index in [9.17, 15) is 4.79 Å². The second-order valence-electron chi connectivity index (χ2n) is 6.07. The molecule has 1 heterocycles. The van der Waals surface area contributed by atoms with E-state index in [1.807, 2.05) is 0 Å². The fourth-order valence-electron chi connectivity index (χ4n) is 3.09. The van der Waals surface area contributed by atoms with Gasteiger partial charge in [-0.1, -0.05) is 37.6 Å². The van der Waals surface area contributed by atoms with Crippen LogP contribution < -0.4 is 5.32 Å². The van der Waals surface area contributed by atoms with E-state index in [1.54, 1.807) is 0 Å². The Hall–Kier alpha value is -1.57. The number of hydrogen-bond donors (Lipinski definition) is 1. The van der Waals surface area contributed by atoms with Crippen molar-refractivity contribution in [1.29, 1.82) is 0 Å². The highest BCUT2D eigenvalue weighted by Crippen LogP contribution is 2.41. The summed E-state index contributed by atoms with van der Waals surface area (Å²) in [6.07, 6.45) is 1.93. The monoisotopic (exact) mass is 241 g/mol. The van der Waals surface area contributed by atoms with Crippen LogP contribution in [0.4, 0.5) is 0 Å². The molecule has 3 rings (SSSR count). The highest BCUT2D eigenvalue weighted by molar-refractivity contribution is 6.06. The zero-order valence-electron chi connectivity index (χ0n) is 11.3. The Balaban J connectivity index is 2.25. The number of carbonyl (C=O) groups excluding carboxylic acids is 1. The largest absolute Gasteiger partial charge is 0.348 e. The van der Waals surface area contributed by atoms with Crippen LogP contribution >= 0.6 is 0 Å². The van der Waals surface area contributed by atoms with Crippen LogP contribution in [0.3, 0.4) is 0 Å². The third-order valence-corrected chi connectivity index (χ3v) is 4.29. The van der Waals surface area contributed by atoms with E-state index in [4.69, 9.17) is 0 Å². The number of hydrogen-bond acceptors (Lipinski definition) is 1. The van der Waals surface area contributed by atoms with Gasteiger partial charge in [0, 0.05) is 12.1 Å². The van der Waals surface area contributed by atoms with Crippen LogP contribution in [-0.2, 0) is 10.2 Å². The van der Waals surface area contributed by atoms with Crippen molar-refractivity contribution in [1.82, 2.24) is 5.32 Å².